The molecule has 88 valence electrons. The monoisotopic (exact) mass is 225 g/mol. The first-order valence-electron chi connectivity index (χ1n) is 4.87. The van der Waals surface area contributed by atoms with Crippen molar-refractivity contribution in [3.05, 3.63) is 29.3 Å². The first-order valence-corrected chi connectivity index (χ1v) is 4.87. The third-order valence-electron chi connectivity index (χ3n) is 2.35. The third-order valence-corrected chi connectivity index (χ3v) is 2.35. The zero-order valence-corrected chi connectivity index (χ0v) is 8.92. The summed E-state index contributed by atoms with van der Waals surface area (Å²) in [6, 6.07) is 4.12. The fourth-order valence-corrected chi connectivity index (χ4v) is 1.38. The highest BCUT2D eigenvalue weighted by atomic mass is 16.3. The van der Waals surface area contributed by atoms with E-state index in [2.05, 4.69) is 0 Å². The van der Waals surface area contributed by atoms with Gasteiger partial charge in [-0.25, -0.2) is 0 Å². The molecule has 1 aromatic carbocycles. The van der Waals surface area contributed by atoms with Crippen LogP contribution in [0.5, 0.6) is 5.75 Å². The topological polar surface area (TPSA) is 104 Å². The average Bonchev–Trinajstić information content (AvgIpc) is 2.26. The lowest BCUT2D eigenvalue weighted by molar-refractivity contribution is 0.0242. The van der Waals surface area contributed by atoms with Gasteiger partial charge in [0.25, 0.3) is 0 Å². The summed E-state index contributed by atoms with van der Waals surface area (Å²) in [5.41, 5.74) is 5.70. The number of ketones is 1. The number of hydrogen-bond acceptors (Lipinski definition) is 5. The minimum absolute atomic E-state index is 0.0869. The molecule has 5 nitrogen and oxygen atoms in total. The zero-order valence-electron chi connectivity index (χ0n) is 8.92. The van der Waals surface area contributed by atoms with Crippen LogP contribution in [0.4, 0.5) is 0 Å². The molecule has 2 unspecified atom stereocenters. The molecule has 0 aliphatic carbocycles. The average molecular weight is 225 g/mol. The van der Waals surface area contributed by atoms with Gasteiger partial charge in [-0.15, -0.1) is 0 Å². The van der Waals surface area contributed by atoms with Crippen LogP contribution in [0.1, 0.15) is 28.9 Å². The predicted molar refractivity (Wildman–Crippen MR) is 58.1 cm³/mol. The number of aromatic hydroxyl groups is 1. The van der Waals surface area contributed by atoms with E-state index in [-0.39, 0.29) is 23.6 Å². The molecule has 0 amide bonds. The number of nitrogens with two attached hydrogens (primary N) is 1. The molecule has 5 heteroatoms. The standard InChI is InChI=1S/C11H15NO4/c1-6(13)8-3-2-7(4-9(8)14)11(16)10(15)5-12/h2-4,10-11,14-16H,5,12H2,1H3. The van der Waals surface area contributed by atoms with Gasteiger partial charge in [0.15, 0.2) is 5.78 Å². The molecule has 0 aromatic heterocycles. The molecule has 0 aliphatic heterocycles. The second-order valence-electron chi connectivity index (χ2n) is 3.58. The molecule has 1 aromatic rings. The number of aliphatic hydroxyl groups is 2. The van der Waals surface area contributed by atoms with Crippen molar-refractivity contribution >= 4 is 5.78 Å². The summed E-state index contributed by atoms with van der Waals surface area (Å²) in [7, 11) is 0. The normalized spacial score (nSPS) is 14.5. The van der Waals surface area contributed by atoms with Crippen molar-refractivity contribution in [3.8, 4) is 5.75 Å². The molecular formula is C11H15NO4. The van der Waals surface area contributed by atoms with Crippen LogP contribution in [0, 0.1) is 0 Å². The minimum atomic E-state index is -1.17. The molecule has 1 rings (SSSR count). The van der Waals surface area contributed by atoms with Crippen molar-refractivity contribution in [1.82, 2.24) is 0 Å². The Morgan fingerprint density at radius 1 is 1.44 bits per heavy atom. The van der Waals surface area contributed by atoms with Crippen LogP contribution >= 0.6 is 0 Å². The highest BCUT2D eigenvalue weighted by molar-refractivity contribution is 5.96. The summed E-state index contributed by atoms with van der Waals surface area (Å²) in [6.07, 6.45) is -2.26. The molecule has 0 spiro atoms. The van der Waals surface area contributed by atoms with Gasteiger partial charge in [0.05, 0.1) is 11.7 Å². The van der Waals surface area contributed by atoms with Crippen molar-refractivity contribution in [2.24, 2.45) is 5.73 Å². The van der Waals surface area contributed by atoms with Crippen molar-refractivity contribution in [1.29, 1.82) is 0 Å². The van der Waals surface area contributed by atoms with Crippen LogP contribution in [0.2, 0.25) is 0 Å². The van der Waals surface area contributed by atoms with Crippen molar-refractivity contribution < 1.29 is 20.1 Å². The van der Waals surface area contributed by atoms with E-state index in [4.69, 9.17) is 5.73 Å². The lowest BCUT2D eigenvalue weighted by Gasteiger charge is -2.16. The molecule has 0 saturated heterocycles. The summed E-state index contributed by atoms with van der Waals surface area (Å²) in [4.78, 5) is 11.0. The van der Waals surface area contributed by atoms with Crippen LogP contribution in [-0.2, 0) is 0 Å². The number of Topliss-reactive ketones (excluding diaryl/α,β-unsaturated/α-hetero) is 1. The minimum Gasteiger partial charge on any atom is -0.507 e. The molecule has 5 N–H and O–H groups in total. The van der Waals surface area contributed by atoms with Gasteiger partial charge in [-0.1, -0.05) is 6.07 Å². The Bertz CT molecular complexity index is 392. The number of carbonyl (C=O) groups is 1. The molecule has 16 heavy (non-hydrogen) atoms. The van der Waals surface area contributed by atoms with E-state index >= 15 is 0 Å². The quantitative estimate of drug-likeness (QED) is 0.538. The van der Waals surface area contributed by atoms with E-state index in [9.17, 15) is 20.1 Å². The fraction of sp³-hybridized carbons (Fsp3) is 0.364. The van der Waals surface area contributed by atoms with Crippen LogP contribution in [0.25, 0.3) is 0 Å². The van der Waals surface area contributed by atoms with Crippen molar-refractivity contribution in [3.63, 3.8) is 0 Å². The maximum absolute atomic E-state index is 11.0. The second-order valence-corrected chi connectivity index (χ2v) is 3.58. The van der Waals surface area contributed by atoms with Gasteiger partial charge in [0.2, 0.25) is 0 Å². The highest BCUT2D eigenvalue weighted by Gasteiger charge is 2.18. The Labute approximate surface area is 93.1 Å². The molecule has 0 bridgehead atoms. The van der Waals surface area contributed by atoms with E-state index in [1.165, 1.54) is 25.1 Å². The van der Waals surface area contributed by atoms with E-state index in [0.717, 1.165) is 0 Å². The van der Waals surface area contributed by atoms with Crippen molar-refractivity contribution in [2.75, 3.05) is 6.54 Å². The molecule has 0 aliphatic rings. The SMILES string of the molecule is CC(=O)c1ccc(C(O)C(O)CN)cc1O. The van der Waals surface area contributed by atoms with Gasteiger partial charge >= 0.3 is 0 Å². The Morgan fingerprint density at radius 3 is 2.50 bits per heavy atom. The maximum Gasteiger partial charge on any atom is 0.163 e. The second kappa shape index (κ2) is 5.07. The lowest BCUT2D eigenvalue weighted by atomic mass is 10.0. The van der Waals surface area contributed by atoms with Gasteiger partial charge < -0.3 is 21.1 Å². The molecule has 2 atom stereocenters. The molecule has 0 saturated carbocycles. The van der Waals surface area contributed by atoms with Crippen LogP contribution in [0.3, 0.4) is 0 Å². The summed E-state index contributed by atoms with van der Waals surface area (Å²) in [5, 5.41) is 28.5. The maximum atomic E-state index is 11.0. The number of hydrogen-bond donors (Lipinski definition) is 4. The van der Waals surface area contributed by atoms with Gasteiger partial charge in [-0.2, -0.15) is 0 Å². The first-order chi connectivity index (χ1) is 7.47. The predicted octanol–water partition coefficient (Wildman–Crippen LogP) is -0.0522. The first kappa shape index (κ1) is 12.6. The Hall–Kier alpha value is -1.43. The van der Waals surface area contributed by atoms with E-state index in [0.29, 0.717) is 5.56 Å². The number of rotatable bonds is 4. The Morgan fingerprint density at radius 2 is 2.06 bits per heavy atom. The Kier molecular flexibility index (Phi) is 4.00. The fourth-order valence-electron chi connectivity index (χ4n) is 1.38. The van der Waals surface area contributed by atoms with Gasteiger partial charge in [0.1, 0.15) is 11.9 Å². The van der Waals surface area contributed by atoms with E-state index < -0.39 is 12.2 Å². The van der Waals surface area contributed by atoms with Crippen LogP contribution in [-0.4, -0.2) is 33.8 Å². The summed E-state index contributed by atoms with van der Waals surface area (Å²) in [6.45, 7) is 1.25. The number of phenols is 1. The van der Waals surface area contributed by atoms with Gasteiger partial charge in [0, 0.05) is 6.54 Å². The number of benzene rings is 1. The Balaban J connectivity index is 3.01. The lowest BCUT2D eigenvalue weighted by Crippen LogP contribution is -2.27. The number of aliphatic hydroxyl groups excluding tert-OH is 2. The van der Waals surface area contributed by atoms with Crippen molar-refractivity contribution in [2.45, 2.75) is 19.1 Å². The zero-order chi connectivity index (χ0) is 12.3. The smallest absolute Gasteiger partial charge is 0.163 e. The van der Waals surface area contributed by atoms with E-state index in [1.54, 1.807) is 0 Å². The van der Waals surface area contributed by atoms with Gasteiger partial charge in [-0.05, 0) is 24.6 Å². The third kappa shape index (κ3) is 2.57. The highest BCUT2D eigenvalue weighted by Crippen LogP contribution is 2.24. The summed E-state index contributed by atoms with van der Waals surface area (Å²) in [5.74, 6) is -0.480. The van der Waals surface area contributed by atoms with E-state index in [1.807, 2.05) is 0 Å². The number of phenolic OH excluding ortho intramolecular Hbond substituents is 1. The largest absolute Gasteiger partial charge is 0.507 e. The van der Waals surface area contributed by atoms with Crippen LogP contribution in [0.15, 0.2) is 18.2 Å². The summed E-state index contributed by atoms with van der Waals surface area (Å²) >= 11 is 0. The number of carbonyl (C=O) groups excluding carboxylic acids is 1. The molecular weight excluding hydrogens is 210 g/mol. The summed E-state index contributed by atoms with van der Waals surface area (Å²) < 4.78 is 0. The molecule has 0 radical (unpaired) electrons. The molecule has 0 heterocycles. The van der Waals surface area contributed by atoms with Gasteiger partial charge in [-0.3, -0.25) is 4.79 Å². The van der Waals surface area contributed by atoms with Crippen LogP contribution < -0.4 is 5.73 Å². The molecule has 0 fully saturated rings.